The summed E-state index contributed by atoms with van der Waals surface area (Å²) < 4.78 is 44.3. The van der Waals surface area contributed by atoms with E-state index in [0.29, 0.717) is 11.8 Å². The average Bonchev–Trinajstić information content (AvgIpc) is 2.89. The summed E-state index contributed by atoms with van der Waals surface area (Å²) >= 11 is 0. The van der Waals surface area contributed by atoms with Gasteiger partial charge in [-0.2, -0.15) is 0 Å². The third kappa shape index (κ3) is 2.67. The minimum absolute atomic E-state index is 0.110. The molecule has 1 unspecified atom stereocenters. The first-order valence-corrected chi connectivity index (χ1v) is 5.70. The summed E-state index contributed by atoms with van der Waals surface area (Å²) in [5.74, 6) is -4.99. The number of amides is 1. The van der Waals surface area contributed by atoms with Gasteiger partial charge in [-0.15, -0.1) is 0 Å². The maximum absolute atomic E-state index is 13.4. The van der Waals surface area contributed by atoms with E-state index in [-0.39, 0.29) is 5.76 Å². The van der Waals surface area contributed by atoms with Gasteiger partial charge in [-0.1, -0.05) is 0 Å². The van der Waals surface area contributed by atoms with Gasteiger partial charge in [0.05, 0.1) is 11.7 Å². The van der Waals surface area contributed by atoms with E-state index in [9.17, 15) is 18.0 Å². The molecule has 2 aromatic rings. The van der Waals surface area contributed by atoms with Crippen LogP contribution in [-0.4, -0.2) is 5.91 Å². The molecular weight excluding hydrogens is 273 g/mol. The molecule has 4 nitrogen and oxygen atoms in total. The Morgan fingerprint density at radius 1 is 1.20 bits per heavy atom. The van der Waals surface area contributed by atoms with Gasteiger partial charge >= 0.3 is 0 Å². The van der Waals surface area contributed by atoms with E-state index in [2.05, 4.69) is 5.32 Å². The molecule has 3 N–H and O–H groups in total. The summed E-state index contributed by atoms with van der Waals surface area (Å²) in [7, 11) is 0. The van der Waals surface area contributed by atoms with Crippen LogP contribution in [0.2, 0.25) is 0 Å². The number of nitrogens with one attached hydrogen (secondary N) is 1. The van der Waals surface area contributed by atoms with Gasteiger partial charge in [-0.3, -0.25) is 4.79 Å². The highest BCUT2D eigenvalue weighted by molar-refractivity contribution is 6.02. The normalized spacial score (nSPS) is 12.2. The Morgan fingerprint density at radius 3 is 2.50 bits per heavy atom. The van der Waals surface area contributed by atoms with E-state index >= 15 is 0 Å². The first-order chi connectivity index (χ1) is 9.40. The van der Waals surface area contributed by atoms with Gasteiger partial charge in [0, 0.05) is 0 Å². The van der Waals surface area contributed by atoms with Gasteiger partial charge in [0.1, 0.15) is 5.76 Å². The molecule has 1 atom stereocenters. The predicted molar refractivity (Wildman–Crippen MR) is 65.6 cm³/mol. The van der Waals surface area contributed by atoms with Crippen molar-refractivity contribution in [1.29, 1.82) is 0 Å². The quantitative estimate of drug-likeness (QED) is 0.851. The van der Waals surface area contributed by atoms with Crippen LogP contribution in [0.15, 0.2) is 28.7 Å². The molecule has 7 heteroatoms. The lowest BCUT2D eigenvalue weighted by molar-refractivity contribution is 0.0994. The molecule has 1 aromatic heterocycles. The highest BCUT2D eigenvalue weighted by Crippen LogP contribution is 2.21. The lowest BCUT2D eigenvalue weighted by Crippen LogP contribution is -2.13. The number of nitrogens with two attached hydrogens (primary N) is 1. The molecule has 1 aromatic carbocycles. The number of benzene rings is 1. The molecule has 0 aliphatic heterocycles. The predicted octanol–water partition coefficient (Wildman–Crippen LogP) is 2.97. The number of hydrogen-bond acceptors (Lipinski definition) is 3. The maximum atomic E-state index is 13.4. The van der Waals surface area contributed by atoms with Crippen molar-refractivity contribution in [1.82, 2.24) is 0 Å². The van der Waals surface area contributed by atoms with Crippen molar-refractivity contribution in [3.8, 4) is 0 Å². The van der Waals surface area contributed by atoms with Gasteiger partial charge in [0.2, 0.25) is 0 Å². The highest BCUT2D eigenvalue weighted by Gasteiger charge is 2.18. The summed E-state index contributed by atoms with van der Waals surface area (Å²) in [6.07, 6.45) is 0. The van der Waals surface area contributed by atoms with Gasteiger partial charge in [0.15, 0.2) is 23.2 Å². The molecule has 0 fully saturated rings. The largest absolute Gasteiger partial charge is 0.454 e. The summed E-state index contributed by atoms with van der Waals surface area (Å²) in [6, 6.07) is 4.08. The zero-order valence-electron chi connectivity index (χ0n) is 10.4. The summed E-state index contributed by atoms with van der Waals surface area (Å²) in [5.41, 5.74) is 5.08. The fourth-order valence-corrected chi connectivity index (χ4v) is 1.53. The summed E-state index contributed by atoms with van der Waals surface area (Å²) in [5, 5.41) is 2.09. The zero-order valence-corrected chi connectivity index (χ0v) is 10.4. The lowest BCUT2D eigenvalue weighted by Gasteiger charge is -2.06. The smallest absolute Gasteiger partial charge is 0.291 e. The Labute approximate surface area is 112 Å². The molecule has 1 amide bonds. The third-order valence-corrected chi connectivity index (χ3v) is 2.58. The summed E-state index contributed by atoms with van der Waals surface area (Å²) in [6.45, 7) is 1.66. The van der Waals surface area contributed by atoms with E-state index in [1.165, 1.54) is 12.1 Å². The molecule has 0 aliphatic carbocycles. The van der Waals surface area contributed by atoms with Crippen molar-refractivity contribution in [2.75, 3.05) is 5.32 Å². The minimum Gasteiger partial charge on any atom is -0.454 e. The number of rotatable bonds is 3. The van der Waals surface area contributed by atoms with E-state index in [1.807, 2.05) is 0 Å². The Kier molecular flexibility index (Phi) is 3.80. The first kappa shape index (κ1) is 14.1. The van der Waals surface area contributed by atoms with Crippen LogP contribution in [0.4, 0.5) is 18.9 Å². The number of halogens is 3. The zero-order chi connectivity index (χ0) is 14.9. The number of carbonyl (C=O) groups is 1. The van der Waals surface area contributed by atoms with Crippen molar-refractivity contribution in [2.24, 2.45) is 5.73 Å². The summed E-state index contributed by atoms with van der Waals surface area (Å²) in [4.78, 5) is 11.8. The van der Waals surface area contributed by atoms with Gasteiger partial charge in [-0.25, -0.2) is 13.2 Å². The molecule has 0 aliphatic rings. The van der Waals surface area contributed by atoms with Gasteiger partial charge in [0.25, 0.3) is 5.91 Å². The van der Waals surface area contributed by atoms with Crippen LogP contribution >= 0.6 is 0 Å². The Morgan fingerprint density at radius 2 is 1.90 bits per heavy atom. The van der Waals surface area contributed by atoms with E-state index in [1.54, 1.807) is 6.92 Å². The van der Waals surface area contributed by atoms with Crippen molar-refractivity contribution < 1.29 is 22.4 Å². The minimum atomic E-state index is -1.65. The van der Waals surface area contributed by atoms with Crippen molar-refractivity contribution in [2.45, 2.75) is 13.0 Å². The number of anilines is 1. The lowest BCUT2D eigenvalue weighted by atomic mass is 10.2. The standard InChI is InChI=1S/C13H11F3N2O2/c1-6(17)9-4-5-10(20-9)13(19)18-8-3-2-7(14)11(15)12(8)16/h2-6H,17H2,1H3,(H,18,19). The van der Waals surface area contributed by atoms with Crippen LogP contribution in [0.5, 0.6) is 0 Å². The van der Waals surface area contributed by atoms with Crippen LogP contribution in [0, 0.1) is 17.5 Å². The first-order valence-electron chi connectivity index (χ1n) is 5.70. The van der Waals surface area contributed by atoms with Crippen molar-refractivity contribution in [3.63, 3.8) is 0 Å². The monoisotopic (exact) mass is 284 g/mol. The van der Waals surface area contributed by atoms with Crippen LogP contribution in [0.3, 0.4) is 0 Å². The number of furan rings is 1. The van der Waals surface area contributed by atoms with Crippen LogP contribution in [0.25, 0.3) is 0 Å². The SMILES string of the molecule is CC(N)c1ccc(C(=O)Nc2ccc(F)c(F)c2F)o1. The van der Waals surface area contributed by atoms with E-state index < -0.39 is 35.1 Å². The molecule has 106 valence electrons. The highest BCUT2D eigenvalue weighted by atomic mass is 19.2. The van der Waals surface area contributed by atoms with E-state index in [4.69, 9.17) is 10.2 Å². The Bertz CT molecular complexity index is 653. The second-order valence-electron chi connectivity index (χ2n) is 4.17. The maximum Gasteiger partial charge on any atom is 0.291 e. The number of hydrogen-bond donors (Lipinski definition) is 2. The topological polar surface area (TPSA) is 68.3 Å². The molecular formula is C13H11F3N2O2. The van der Waals surface area contributed by atoms with E-state index in [0.717, 1.165) is 6.07 Å². The Hall–Kier alpha value is -2.28. The van der Waals surface area contributed by atoms with Crippen LogP contribution in [-0.2, 0) is 0 Å². The molecule has 0 spiro atoms. The average molecular weight is 284 g/mol. The molecule has 2 rings (SSSR count). The third-order valence-electron chi connectivity index (χ3n) is 2.58. The van der Waals surface area contributed by atoms with Crippen LogP contribution < -0.4 is 11.1 Å². The fraction of sp³-hybridized carbons (Fsp3) is 0.154. The molecule has 0 saturated heterocycles. The molecule has 0 bridgehead atoms. The molecule has 0 saturated carbocycles. The van der Waals surface area contributed by atoms with Crippen molar-refractivity contribution in [3.05, 3.63) is 53.2 Å². The Balaban J connectivity index is 2.21. The second-order valence-corrected chi connectivity index (χ2v) is 4.17. The van der Waals surface area contributed by atoms with Gasteiger partial charge in [-0.05, 0) is 31.2 Å². The molecule has 20 heavy (non-hydrogen) atoms. The molecule has 1 heterocycles. The fourth-order valence-electron chi connectivity index (χ4n) is 1.53. The molecule has 0 radical (unpaired) electrons. The van der Waals surface area contributed by atoms with Crippen LogP contribution in [0.1, 0.15) is 29.3 Å². The van der Waals surface area contributed by atoms with Crippen molar-refractivity contribution >= 4 is 11.6 Å². The van der Waals surface area contributed by atoms with Gasteiger partial charge < -0.3 is 15.5 Å². The number of carbonyl (C=O) groups excluding carboxylic acids is 1. The second kappa shape index (κ2) is 5.38.